The number of hydrogen-bond donors (Lipinski definition) is 1. The molecule has 120 valence electrons. The third-order valence-electron chi connectivity index (χ3n) is 3.49. The van der Waals surface area contributed by atoms with Gasteiger partial charge in [0.05, 0.1) is 0 Å². The second-order valence-electron chi connectivity index (χ2n) is 5.29. The van der Waals surface area contributed by atoms with Crippen LogP contribution in [0.15, 0.2) is 0 Å². The quantitative estimate of drug-likeness (QED) is 0.370. The molecule has 0 aromatic rings. The summed E-state index contributed by atoms with van der Waals surface area (Å²) in [7, 11) is 0. The Balaban J connectivity index is -0.00000128. The lowest BCUT2D eigenvalue weighted by atomic mass is 10.0. The van der Waals surface area contributed by atoms with Crippen LogP contribution in [0.5, 0.6) is 0 Å². The van der Waals surface area contributed by atoms with E-state index < -0.39 is 0 Å². The van der Waals surface area contributed by atoms with Crippen LogP contribution in [-0.2, 0) is 0 Å². The molecule has 0 fully saturated rings. The maximum Gasteiger partial charge on any atom is 0.0223 e. The lowest BCUT2D eigenvalue weighted by Gasteiger charge is -2.02. The van der Waals surface area contributed by atoms with Gasteiger partial charge in [-0.25, -0.2) is 0 Å². The van der Waals surface area contributed by atoms with Gasteiger partial charge in [0.15, 0.2) is 0 Å². The van der Waals surface area contributed by atoms with E-state index in [4.69, 9.17) is 11.6 Å². The third-order valence-corrected chi connectivity index (χ3v) is 3.75. The van der Waals surface area contributed by atoms with Crippen LogP contribution >= 0.6 is 11.6 Å². The Hall–Kier alpha value is 0.540. The first-order valence-electron chi connectivity index (χ1n) is 7.97. The number of unbranched alkanes of at least 4 members (excludes halogenated alkanes) is 13. The zero-order chi connectivity index (χ0) is 12.6. The summed E-state index contributed by atoms with van der Waals surface area (Å²) in [6, 6.07) is 0. The zero-order valence-corrected chi connectivity index (χ0v) is 14.9. The topological polar surface area (TPSA) is 36.5 Å². The van der Waals surface area contributed by atoms with Crippen LogP contribution in [0.2, 0.25) is 0 Å². The van der Waals surface area contributed by atoms with Gasteiger partial charge < -0.3 is 18.6 Å². The molecule has 0 aliphatic heterocycles. The van der Waals surface area contributed by atoms with Gasteiger partial charge in [0.1, 0.15) is 0 Å². The molecule has 0 saturated heterocycles. The van der Waals surface area contributed by atoms with Gasteiger partial charge in [0, 0.05) is 5.88 Å². The minimum absolute atomic E-state index is 0. The van der Waals surface area contributed by atoms with Gasteiger partial charge in [0.2, 0.25) is 0 Å². The van der Waals surface area contributed by atoms with Gasteiger partial charge in [-0.1, -0.05) is 90.4 Å². The number of alkyl halides is 1. The molecule has 0 radical (unpaired) electrons. The van der Waals surface area contributed by atoms with Gasteiger partial charge in [-0.15, -0.1) is 11.6 Å². The standard InChI is InChI=1S/C16H33Cl.ClH.H3N/c1-2-3-4-5-6-7-8-9-10-11-12-13-14-15-16-17;;/h2-16H2,1H3;1H;1H3. The first-order valence-corrected chi connectivity index (χ1v) is 8.51. The van der Waals surface area contributed by atoms with Crippen LogP contribution in [0.1, 0.15) is 96.8 Å². The summed E-state index contributed by atoms with van der Waals surface area (Å²) in [6.07, 6.45) is 19.8. The van der Waals surface area contributed by atoms with E-state index in [0.717, 1.165) is 5.88 Å². The third kappa shape index (κ3) is 24.0. The fourth-order valence-corrected chi connectivity index (χ4v) is 2.48. The molecule has 1 nitrogen and oxygen atoms in total. The van der Waals surface area contributed by atoms with Crippen LogP contribution < -0.4 is 18.6 Å². The lowest BCUT2D eigenvalue weighted by molar-refractivity contribution is -0.00000422. The Labute approximate surface area is 133 Å². The molecule has 4 N–H and O–H groups in total. The number of quaternary nitrogens is 1. The fourth-order valence-electron chi connectivity index (χ4n) is 2.29. The van der Waals surface area contributed by atoms with Crippen LogP contribution in [0, 0.1) is 0 Å². The highest BCUT2D eigenvalue weighted by atomic mass is 35.5. The van der Waals surface area contributed by atoms with Gasteiger partial charge in [-0.05, 0) is 6.42 Å². The molecule has 0 unspecified atom stereocenters. The summed E-state index contributed by atoms with van der Waals surface area (Å²) in [5.41, 5.74) is 0. The first-order chi connectivity index (χ1) is 8.41. The lowest BCUT2D eigenvalue weighted by Crippen LogP contribution is -3.00. The Morgan fingerprint density at radius 1 is 0.526 bits per heavy atom. The van der Waals surface area contributed by atoms with E-state index >= 15 is 0 Å². The highest BCUT2D eigenvalue weighted by Gasteiger charge is 1.93. The minimum Gasteiger partial charge on any atom is -1.00 e. The molecule has 0 aromatic carbocycles. The van der Waals surface area contributed by atoms with Crippen molar-refractivity contribution in [3.63, 3.8) is 0 Å². The molecule has 0 aromatic heterocycles. The van der Waals surface area contributed by atoms with Crippen LogP contribution in [0.4, 0.5) is 0 Å². The molecule has 0 aliphatic rings. The Morgan fingerprint density at radius 3 is 1.05 bits per heavy atom. The Morgan fingerprint density at radius 2 is 0.789 bits per heavy atom. The second kappa shape index (κ2) is 23.6. The monoisotopic (exact) mass is 313 g/mol. The van der Waals surface area contributed by atoms with Crippen molar-refractivity contribution < 1.29 is 12.4 Å². The summed E-state index contributed by atoms with van der Waals surface area (Å²) in [6.45, 7) is 2.28. The van der Waals surface area contributed by atoms with Crippen LogP contribution in [0.3, 0.4) is 0 Å². The number of halogens is 2. The zero-order valence-electron chi connectivity index (χ0n) is 13.4. The first kappa shape index (κ1) is 24.6. The molecule has 0 spiro atoms. The van der Waals surface area contributed by atoms with E-state index in [9.17, 15) is 0 Å². The average molecular weight is 314 g/mol. The molecule has 0 heterocycles. The van der Waals surface area contributed by atoms with Gasteiger partial charge in [0.25, 0.3) is 0 Å². The maximum absolute atomic E-state index is 5.64. The van der Waals surface area contributed by atoms with E-state index in [0.29, 0.717) is 0 Å². The largest absolute Gasteiger partial charge is 1.00 e. The van der Waals surface area contributed by atoms with E-state index in [2.05, 4.69) is 6.92 Å². The highest BCUT2D eigenvalue weighted by Crippen LogP contribution is 2.12. The summed E-state index contributed by atoms with van der Waals surface area (Å²) in [5, 5.41) is 0. The van der Waals surface area contributed by atoms with Crippen molar-refractivity contribution in [3.05, 3.63) is 0 Å². The van der Waals surface area contributed by atoms with Crippen LogP contribution in [0.25, 0.3) is 0 Å². The predicted octanol–water partition coefficient (Wildman–Crippen LogP) is 4.09. The molecule has 3 heteroatoms. The molecule has 0 amide bonds. The van der Waals surface area contributed by atoms with E-state index in [1.54, 1.807) is 0 Å². The smallest absolute Gasteiger partial charge is 0.0223 e. The summed E-state index contributed by atoms with van der Waals surface area (Å²) >= 11 is 5.64. The molecular weight excluding hydrogens is 277 g/mol. The number of hydrogen-bond acceptors (Lipinski definition) is 0. The van der Waals surface area contributed by atoms with Gasteiger partial charge in [-0.3, -0.25) is 0 Å². The number of rotatable bonds is 14. The second-order valence-corrected chi connectivity index (χ2v) is 5.66. The minimum atomic E-state index is 0. The Kier molecular flexibility index (Phi) is 30.5. The van der Waals surface area contributed by atoms with E-state index in [1.807, 2.05) is 0 Å². The van der Waals surface area contributed by atoms with Crippen molar-refractivity contribution in [2.45, 2.75) is 96.8 Å². The van der Waals surface area contributed by atoms with Crippen molar-refractivity contribution in [2.75, 3.05) is 5.88 Å². The molecule has 0 saturated carbocycles. The summed E-state index contributed by atoms with van der Waals surface area (Å²) in [4.78, 5) is 0. The van der Waals surface area contributed by atoms with E-state index in [-0.39, 0.29) is 18.6 Å². The van der Waals surface area contributed by atoms with Gasteiger partial charge in [-0.2, -0.15) is 0 Å². The summed E-state index contributed by atoms with van der Waals surface area (Å²) in [5.74, 6) is 0.845. The maximum atomic E-state index is 5.64. The highest BCUT2D eigenvalue weighted by molar-refractivity contribution is 6.17. The van der Waals surface area contributed by atoms with Crippen molar-refractivity contribution in [3.8, 4) is 0 Å². The molecule has 19 heavy (non-hydrogen) atoms. The molecule has 0 rings (SSSR count). The Bertz CT molecular complexity index is 118. The van der Waals surface area contributed by atoms with Crippen molar-refractivity contribution >= 4 is 11.6 Å². The SMILES string of the molecule is CCCCCCCCCCCCCCCCCl.[Cl-].[NH4+]. The average Bonchev–Trinajstić information content (AvgIpc) is 2.35. The molecule has 0 bridgehead atoms. The molecule has 0 aliphatic carbocycles. The normalized spacial score (nSPS) is 9.79. The van der Waals surface area contributed by atoms with E-state index in [1.165, 1.54) is 89.9 Å². The van der Waals surface area contributed by atoms with Crippen molar-refractivity contribution in [1.29, 1.82) is 0 Å². The predicted molar refractivity (Wildman–Crippen MR) is 87.0 cm³/mol. The fraction of sp³-hybridized carbons (Fsp3) is 1.00. The van der Waals surface area contributed by atoms with Crippen molar-refractivity contribution in [1.82, 2.24) is 6.15 Å². The van der Waals surface area contributed by atoms with Crippen molar-refractivity contribution in [2.24, 2.45) is 0 Å². The van der Waals surface area contributed by atoms with Gasteiger partial charge >= 0.3 is 0 Å². The van der Waals surface area contributed by atoms with Crippen LogP contribution in [-0.4, -0.2) is 5.88 Å². The molecule has 0 atom stereocenters. The molecular formula is C16H37Cl2N. The summed E-state index contributed by atoms with van der Waals surface area (Å²) < 4.78 is 0.